The molecule has 2 aromatic carbocycles. The lowest BCUT2D eigenvalue weighted by Gasteiger charge is -2.33. The van der Waals surface area contributed by atoms with Gasteiger partial charge in [0.15, 0.2) is 0 Å². The summed E-state index contributed by atoms with van der Waals surface area (Å²) in [7, 11) is 4.84. The van der Waals surface area contributed by atoms with Gasteiger partial charge in [-0.05, 0) is 31.0 Å². The summed E-state index contributed by atoms with van der Waals surface area (Å²) in [6, 6.07) is 12.5. The molecule has 2 atom stereocenters. The molecule has 1 fully saturated rings. The van der Waals surface area contributed by atoms with Crippen molar-refractivity contribution in [3.8, 4) is 17.2 Å². The van der Waals surface area contributed by atoms with Gasteiger partial charge in [0, 0.05) is 23.7 Å². The van der Waals surface area contributed by atoms with Gasteiger partial charge in [-0.3, -0.25) is 9.69 Å². The number of benzene rings is 2. The van der Waals surface area contributed by atoms with E-state index in [1.54, 1.807) is 21.3 Å². The quantitative estimate of drug-likeness (QED) is 0.805. The molecule has 2 aromatic rings. The highest BCUT2D eigenvalue weighted by Gasteiger charge is 2.39. The minimum atomic E-state index is -0.806. The molecule has 2 unspecified atom stereocenters. The van der Waals surface area contributed by atoms with Crippen LogP contribution in [0.4, 0.5) is 0 Å². The maximum absolute atomic E-state index is 11.9. The molecule has 6 heteroatoms. The highest BCUT2D eigenvalue weighted by molar-refractivity contribution is 5.74. The maximum Gasteiger partial charge on any atom is 0.320 e. The largest absolute Gasteiger partial charge is 0.497 e. The average Bonchev–Trinajstić information content (AvgIpc) is 3.18. The van der Waals surface area contributed by atoms with E-state index in [1.807, 2.05) is 47.4 Å². The van der Waals surface area contributed by atoms with Crippen LogP contribution in [-0.4, -0.2) is 49.9 Å². The molecule has 1 aliphatic rings. The molecular formula is C21H25NO5. The summed E-state index contributed by atoms with van der Waals surface area (Å²) in [5.41, 5.74) is 1.80. The fourth-order valence-electron chi connectivity index (χ4n) is 3.82. The van der Waals surface area contributed by atoms with Gasteiger partial charge in [-0.2, -0.15) is 0 Å². The Kier molecular flexibility index (Phi) is 5.86. The molecule has 0 radical (unpaired) electrons. The molecule has 0 aromatic heterocycles. The number of methoxy groups -OCH3 is 3. The Morgan fingerprint density at radius 1 is 1.04 bits per heavy atom. The number of nitrogens with zero attached hydrogens (tertiary/aromatic N) is 1. The third-order valence-corrected chi connectivity index (χ3v) is 5.08. The highest BCUT2D eigenvalue weighted by Crippen LogP contribution is 2.43. The van der Waals surface area contributed by atoms with Crippen LogP contribution in [0.15, 0.2) is 42.5 Å². The standard InChI is InChI=1S/C21H25NO5/c1-25-14-10-11-16(19(13-14)27-3)20(15-7-4-5-9-18(15)26-2)22-12-6-8-17(22)21(23)24/h4-5,7,9-11,13,17,20H,6,8,12H2,1-3H3,(H,23,24). The molecule has 0 saturated carbocycles. The van der Waals surface area contributed by atoms with Crippen LogP contribution in [0.3, 0.4) is 0 Å². The first-order valence-corrected chi connectivity index (χ1v) is 8.94. The Bertz CT molecular complexity index is 807. The van der Waals surface area contributed by atoms with E-state index in [1.165, 1.54) is 0 Å². The van der Waals surface area contributed by atoms with Gasteiger partial charge in [-0.15, -0.1) is 0 Å². The number of hydrogen-bond acceptors (Lipinski definition) is 5. The molecule has 0 bridgehead atoms. The predicted molar refractivity (Wildman–Crippen MR) is 102 cm³/mol. The summed E-state index contributed by atoms with van der Waals surface area (Å²) in [5.74, 6) is 1.25. The molecule has 1 saturated heterocycles. The Labute approximate surface area is 159 Å². The van der Waals surface area contributed by atoms with Crippen molar-refractivity contribution in [3.05, 3.63) is 53.6 Å². The number of aliphatic carboxylic acids is 1. The van der Waals surface area contributed by atoms with Crippen LogP contribution in [0.1, 0.15) is 30.0 Å². The molecule has 144 valence electrons. The summed E-state index contributed by atoms with van der Waals surface area (Å²) < 4.78 is 16.5. The second-order valence-corrected chi connectivity index (χ2v) is 6.49. The Morgan fingerprint density at radius 3 is 2.41 bits per heavy atom. The van der Waals surface area contributed by atoms with Crippen molar-refractivity contribution < 1.29 is 24.1 Å². The number of carbonyl (C=O) groups is 1. The van der Waals surface area contributed by atoms with Gasteiger partial charge in [0.25, 0.3) is 0 Å². The maximum atomic E-state index is 11.9. The van der Waals surface area contributed by atoms with E-state index in [0.29, 0.717) is 24.5 Å². The smallest absolute Gasteiger partial charge is 0.320 e. The van der Waals surface area contributed by atoms with Crippen LogP contribution < -0.4 is 14.2 Å². The van der Waals surface area contributed by atoms with Crippen molar-refractivity contribution in [2.24, 2.45) is 0 Å². The topological polar surface area (TPSA) is 68.2 Å². The van der Waals surface area contributed by atoms with Gasteiger partial charge >= 0.3 is 5.97 Å². The number of ether oxygens (including phenoxy) is 3. The number of likely N-dealkylation sites (tertiary alicyclic amines) is 1. The van der Waals surface area contributed by atoms with E-state index in [-0.39, 0.29) is 6.04 Å². The van der Waals surface area contributed by atoms with Crippen molar-refractivity contribution >= 4 is 5.97 Å². The van der Waals surface area contributed by atoms with E-state index in [2.05, 4.69) is 0 Å². The molecule has 3 rings (SSSR count). The SMILES string of the molecule is COc1ccc(C(c2ccccc2OC)N2CCCC2C(=O)O)c(OC)c1. The van der Waals surface area contributed by atoms with Crippen LogP contribution in [0.2, 0.25) is 0 Å². The summed E-state index contributed by atoms with van der Waals surface area (Å²) in [5, 5.41) is 9.74. The molecule has 1 aliphatic heterocycles. The Hall–Kier alpha value is -2.73. The van der Waals surface area contributed by atoms with Crippen molar-refractivity contribution in [1.29, 1.82) is 0 Å². The fourth-order valence-corrected chi connectivity index (χ4v) is 3.82. The van der Waals surface area contributed by atoms with E-state index in [9.17, 15) is 9.90 Å². The average molecular weight is 371 g/mol. The first-order valence-electron chi connectivity index (χ1n) is 8.94. The first kappa shape index (κ1) is 19.0. The van der Waals surface area contributed by atoms with Crippen LogP contribution in [0.25, 0.3) is 0 Å². The van der Waals surface area contributed by atoms with Crippen molar-refractivity contribution in [2.45, 2.75) is 24.9 Å². The van der Waals surface area contributed by atoms with E-state index >= 15 is 0 Å². The number of hydrogen-bond donors (Lipinski definition) is 1. The molecule has 6 nitrogen and oxygen atoms in total. The van der Waals surface area contributed by atoms with Crippen LogP contribution in [0.5, 0.6) is 17.2 Å². The van der Waals surface area contributed by atoms with Crippen LogP contribution in [0, 0.1) is 0 Å². The summed E-state index contributed by atoms with van der Waals surface area (Å²) in [4.78, 5) is 13.9. The lowest BCUT2D eigenvalue weighted by molar-refractivity contribution is -0.142. The predicted octanol–water partition coefficient (Wildman–Crippen LogP) is 3.35. The lowest BCUT2D eigenvalue weighted by Crippen LogP contribution is -2.39. The third-order valence-electron chi connectivity index (χ3n) is 5.08. The molecule has 27 heavy (non-hydrogen) atoms. The third kappa shape index (κ3) is 3.71. The van der Waals surface area contributed by atoms with Crippen molar-refractivity contribution in [2.75, 3.05) is 27.9 Å². The molecule has 1 heterocycles. The first-order chi connectivity index (χ1) is 13.1. The zero-order valence-electron chi connectivity index (χ0n) is 15.8. The Balaban J connectivity index is 2.18. The number of carboxylic acids is 1. The molecule has 0 aliphatic carbocycles. The molecular weight excluding hydrogens is 346 g/mol. The van der Waals surface area contributed by atoms with E-state index < -0.39 is 12.0 Å². The monoisotopic (exact) mass is 371 g/mol. The number of carboxylic acid groups (broad SMARTS) is 1. The van der Waals surface area contributed by atoms with Crippen LogP contribution in [-0.2, 0) is 4.79 Å². The molecule has 0 amide bonds. The van der Waals surface area contributed by atoms with Gasteiger partial charge in [0.2, 0.25) is 0 Å². The second kappa shape index (κ2) is 8.31. The summed E-state index contributed by atoms with van der Waals surface area (Å²) >= 11 is 0. The normalized spacial score (nSPS) is 18.1. The van der Waals surface area contributed by atoms with Gasteiger partial charge < -0.3 is 19.3 Å². The van der Waals surface area contributed by atoms with E-state index in [0.717, 1.165) is 23.3 Å². The van der Waals surface area contributed by atoms with Gasteiger partial charge in [-0.1, -0.05) is 18.2 Å². The highest BCUT2D eigenvalue weighted by atomic mass is 16.5. The Morgan fingerprint density at radius 2 is 1.74 bits per heavy atom. The summed E-state index contributed by atoms with van der Waals surface area (Å²) in [6.07, 6.45) is 1.46. The summed E-state index contributed by atoms with van der Waals surface area (Å²) in [6.45, 7) is 0.689. The van der Waals surface area contributed by atoms with Crippen molar-refractivity contribution in [1.82, 2.24) is 4.90 Å². The number of rotatable bonds is 7. The lowest BCUT2D eigenvalue weighted by atomic mass is 9.94. The van der Waals surface area contributed by atoms with Gasteiger partial charge in [0.05, 0.1) is 27.4 Å². The van der Waals surface area contributed by atoms with Crippen molar-refractivity contribution in [3.63, 3.8) is 0 Å². The molecule has 0 spiro atoms. The minimum absolute atomic E-state index is 0.300. The fraction of sp³-hybridized carbons (Fsp3) is 0.381. The zero-order valence-corrected chi connectivity index (χ0v) is 15.8. The second-order valence-electron chi connectivity index (χ2n) is 6.49. The minimum Gasteiger partial charge on any atom is -0.497 e. The van der Waals surface area contributed by atoms with Gasteiger partial charge in [0.1, 0.15) is 23.3 Å². The zero-order chi connectivity index (χ0) is 19.4. The van der Waals surface area contributed by atoms with Gasteiger partial charge in [-0.25, -0.2) is 0 Å². The van der Waals surface area contributed by atoms with Crippen LogP contribution >= 0.6 is 0 Å². The molecule has 1 N–H and O–H groups in total. The van der Waals surface area contributed by atoms with E-state index in [4.69, 9.17) is 14.2 Å². The number of para-hydroxylation sites is 1.